The van der Waals surface area contributed by atoms with Gasteiger partial charge in [-0.05, 0) is 54.5 Å². The first-order chi connectivity index (χ1) is 16.1. The van der Waals surface area contributed by atoms with Crippen LogP contribution in [0.3, 0.4) is 0 Å². The molecule has 2 aromatic carbocycles. The summed E-state index contributed by atoms with van der Waals surface area (Å²) in [5.41, 5.74) is -0.798. The van der Waals surface area contributed by atoms with E-state index in [0.717, 1.165) is 37.5 Å². The molecule has 3 aromatic rings. The second-order valence-electron chi connectivity index (χ2n) is 7.59. The van der Waals surface area contributed by atoms with E-state index in [4.69, 9.17) is 16.4 Å². The Hall–Kier alpha value is -2.90. The first kappa shape index (κ1) is 24.2. The quantitative estimate of drug-likeness (QED) is 0.537. The van der Waals surface area contributed by atoms with Crippen molar-refractivity contribution in [3.63, 3.8) is 0 Å². The molecule has 9 nitrogen and oxygen atoms in total. The zero-order chi connectivity index (χ0) is 24.5. The van der Waals surface area contributed by atoms with Gasteiger partial charge in [-0.25, -0.2) is 8.42 Å². The van der Waals surface area contributed by atoms with Crippen LogP contribution in [-0.4, -0.2) is 53.5 Å². The van der Waals surface area contributed by atoms with Gasteiger partial charge in [0.1, 0.15) is 11.0 Å². The van der Waals surface area contributed by atoms with Gasteiger partial charge >= 0.3 is 6.18 Å². The van der Waals surface area contributed by atoms with Gasteiger partial charge in [0, 0.05) is 13.1 Å². The van der Waals surface area contributed by atoms with Crippen molar-refractivity contribution < 1.29 is 31.2 Å². The molecular weight excluding hydrogens is 499 g/mol. The summed E-state index contributed by atoms with van der Waals surface area (Å²) in [5, 5.41) is 9.85. The van der Waals surface area contributed by atoms with Crippen molar-refractivity contribution in [1.82, 2.24) is 19.5 Å². The maximum atomic E-state index is 13.0. The standard InChI is InChI=1S/C20H19ClF3N5O4S/c21-15-6-5-14(34(31,32)28-8-2-1-3-9-28)11-17(15)25-19(30)12-33-29-18-10-13(20(22,23)24)4-7-16(18)26-27-29/h4-7,10-11H,1-3,8-9,12H2,(H,25,30). The smallest absolute Gasteiger partial charge is 0.385 e. The van der Waals surface area contributed by atoms with Crippen molar-refractivity contribution in [2.24, 2.45) is 0 Å². The third-order valence-electron chi connectivity index (χ3n) is 5.23. The van der Waals surface area contributed by atoms with Crippen LogP contribution >= 0.6 is 11.6 Å². The zero-order valence-corrected chi connectivity index (χ0v) is 19.1. The number of hydrogen-bond donors (Lipinski definition) is 1. The number of nitrogens with one attached hydrogen (secondary N) is 1. The Labute approximate surface area is 197 Å². The molecule has 182 valence electrons. The summed E-state index contributed by atoms with van der Waals surface area (Å²) in [7, 11) is -3.75. The van der Waals surface area contributed by atoms with Crippen molar-refractivity contribution in [3.8, 4) is 0 Å². The van der Waals surface area contributed by atoms with Crippen LogP contribution in [0.4, 0.5) is 18.9 Å². The summed E-state index contributed by atoms with van der Waals surface area (Å²) >= 11 is 6.12. The minimum Gasteiger partial charge on any atom is -0.385 e. The van der Waals surface area contributed by atoms with E-state index in [9.17, 15) is 26.4 Å². The molecule has 1 fully saturated rings. The highest BCUT2D eigenvalue weighted by Gasteiger charge is 2.31. The summed E-state index contributed by atoms with van der Waals surface area (Å²) < 4.78 is 66.1. The van der Waals surface area contributed by atoms with Gasteiger partial charge in [-0.2, -0.15) is 17.5 Å². The molecule has 0 aliphatic carbocycles. The molecule has 0 spiro atoms. The highest BCUT2D eigenvalue weighted by atomic mass is 35.5. The molecule has 1 aliphatic heterocycles. The maximum Gasteiger partial charge on any atom is 0.416 e. The van der Waals surface area contributed by atoms with Crippen LogP contribution in [0.25, 0.3) is 11.0 Å². The molecule has 2 heterocycles. The first-order valence-electron chi connectivity index (χ1n) is 10.2. The lowest BCUT2D eigenvalue weighted by atomic mass is 10.2. The summed E-state index contributed by atoms with van der Waals surface area (Å²) in [5.74, 6) is -0.731. The molecule has 1 amide bonds. The lowest BCUT2D eigenvalue weighted by molar-refractivity contribution is -0.137. The number of alkyl halides is 3. The Bertz CT molecular complexity index is 1320. The third kappa shape index (κ3) is 5.10. The molecular formula is C20H19ClF3N5O4S. The van der Waals surface area contributed by atoms with Gasteiger partial charge in [-0.15, -0.1) is 5.10 Å². The summed E-state index contributed by atoms with van der Waals surface area (Å²) in [6.07, 6.45) is -2.06. The number of aromatic nitrogens is 3. The van der Waals surface area contributed by atoms with E-state index in [1.807, 2.05) is 0 Å². The van der Waals surface area contributed by atoms with Crippen LogP contribution in [-0.2, 0) is 21.0 Å². The predicted octanol–water partition coefficient (Wildman–Crippen LogP) is 3.35. The number of nitrogens with zero attached hydrogens (tertiary/aromatic N) is 4. The second kappa shape index (κ2) is 9.39. The Morgan fingerprint density at radius 2 is 1.85 bits per heavy atom. The van der Waals surface area contributed by atoms with E-state index in [-0.39, 0.29) is 26.6 Å². The first-order valence-corrected chi connectivity index (χ1v) is 12.0. The van der Waals surface area contributed by atoms with Crippen molar-refractivity contribution in [2.45, 2.75) is 30.3 Å². The molecule has 1 N–H and O–H groups in total. The van der Waals surface area contributed by atoms with Crippen LogP contribution in [0, 0.1) is 0 Å². The average molecular weight is 518 g/mol. The molecule has 4 rings (SSSR count). The molecule has 0 radical (unpaired) electrons. The number of amides is 1. The van der Waals surface area contributed by atoms with Crippen LogP contribution in [0.2, 0.25) is 5.02 Å². The van der Waals surface area contributed by atoms with Crippen LogP contribution in [0.1, 0.15) is 24.8 Å². The number of halogens is 4. The second-order valence-corrected chi connectivity index (χ2v) is 9.94. The topological polar surface area (TPSA) is 106 Å². The summed E-state index contributed by atoms with van der Waals surface area (Å²) in [6, 6.07) is 6.78. The Kier molecular flexibility index (Phi) is 6.69. The highest BCUT2D eigenvalue weighted by molar-refractivity contribution is 7.89. The van der Waals surface area contributed by atoms with Gasteiger partial charge in [0.25, 0.3) is 5.91 Å². The summed E-state index contributed by atoms with van der Waals surface area (Å²) in [6.45, 7) is 0.193. The monoisotopic (exact) mass is 517 g/mol. The van der Waals surface area contributed by atoms with Gasteiger partial charge in [-0.3, -0.25) is 4.79 Å². The number of piperidine rings is 1. The number of benzene rings is 2. The van der Waals surface area contributed by atoms with E-state index in [2.05, 4.69) is 15.6 Å². The number of hydrogen-bond acceptors (Lipinski definition) is 6. The van der Waals surface area contributed by atoms with Crippen LogP contribution in [0.15, 0.2) is 41.3 Å². The predicted molar refractivity (Wildman–Crippen MR) is 117 cm³/mol. The largest absolute Gasteiger partial charge is 0.416 e. The van der Waals surface area contributed by atoms with E-state index >= 15 is 0 Å². The van der Waals surface area contributed by atoms with E-state index in [1.54, 1.807) is 0 Å². The number of anilines is 1. The van der Waals surface area contributed by atoms with Crippen LogP contribution < -0.4 is 10.2 Å². The molecule has 1 aliphatic rings. The van der Waals surface area contributed by atoms with Crippen molar-refractivity contribution in [2.75, 3.05) is 25.0 Å². The number of fused-ring (bicyclic) bond motifs is 1. The van der Waals surface area contributed by atoms with Crippen molar-refractivity contribution >= 4 is 44.3 Å². The minimum atomic E-state index is -4.57. The Morgan fingerprint density at radius 1 is 1.12 bits per heavy atom. The molecule has 1 aromatic heterocycles. The third-order valence-corrected chi connectivity index (χ3v) is 7.45. The fourth-order valence-corrected chi connectivity index (χ4v) is 5.20. The van der Waals surface area contributed by atoms with Crippen molar-refractivity contribution in [1.29, 1.82) is 0 Å². The number of carbonyl (C=O) groups is 1. The normalized spacial score (nSPS) is 15.4. The molecule has 1 saturated heterocycles. The lowest BCUT2D eigenvalue weighted by Crippen LogP contribution is -2.35. The number of rotatable bonds is 6. The maximum absolute atomic E-state index is 13.0. The molecule has 0 bridgehead atoms. The van der Waals surface area contributed by atoms with Crippen LogP contribution in [0.5, 0.6) is 0 Å². The lowest BCUT2D eigenvalue weighted by Gasteiger charge is -2.26. The summed E-state index contributed by atoms with van der Waals surface area (Å²) in [4.78, 5) is 18.3. The Morgan fingerprint density at radius 3 is 2.56 bits per heavy atom. The highest BCUT2D eigenvalue weighted by Crippen LogP contribution is 2.31. The fourth-order valence-electron chi connectivity index (χ4n) is 3.49. The minimum absolute atomic E-state index is 0.0167. The molecule has 14 heteroatoms. The van der Waals surface area contributed by atoms with Gasteiger partial charge in [0.2, 0.25) is 10.0 Å². The van der Waals surface area contributed by atoms with E-state index in [1.165, 1.54) is 22.5 Å². The van der Waals surface area contributed by atoms with E-state index in [0.29, 0.717) is 17.9 Å². The molecule has 0 unspecified atom stereocenters. The molecule has 34 heavy (non-hydrogen) atoms. The number of carbonyl (C=O) groups excluding carboxylic acids is 1. The van der Waals surface area contributed by atoms with Crippen molar-refractivity contribution in [3.05, 3.63) is 47.0 Å². The Balaban J connectivity index is 1.47. The van der Waals surface area contributed by atoms with Gasteiger partial charge < -0.3 is 10.2 Å². The van der Waals surface area contributed by atoms with Gasteiger partial charge in [-0.1, -0.05) is 22.9 Å². The molecule has 0 saturated carbocycles. The SMILES string of the molecule is O=C(COn1nnc2ccc(C(F)(F)F)cc21)Nc1cc(S(=O)(=O)N2CCCCC2)ccc1Cl. The zero-order valence-electron chi connectivity index (χ0n) is 17.5. The fraction of sp³-hybridized carbons (Fsp3) is 0.350. The average Bonchev–Trinajstić information content (AvgIpc) is 3.21. The van der Waals surface area contributed by atoms with Gasteiger partial charge in [0.05, 0.1) is 21.2 Å². The van der Waals surface area contributed by atoms with Gasteiger partial charge in [0.15, 0.2) is 6.61 Å². The van der Waals surface area contributed by atoms with E-state index < -0.39 is 34.3 Å². The number of sulfonamides is 1. The molecule has 0 atom stereocenters.